The fourth-order valence-corrected chi connectivity index (χ4v) is 2.07. The van der Waals surface area contributed by atoms with Crippen molar-refractivity contribution in [2.45, 2.75) is 13.0 Å². The summed E-state index contributed by atoms with van der Waals surface area (Å²) in [6, 6.07) is 4.22. The number of aromatic nitrogens is 1. The fraction of sp³-hybridized carbons (Fsp3) is 0.250. The van der Waals surface area contributed by atoms with E-state index in [9.17, 15) is 9.18 Å². The van der Waals surface area contributed by atoms with E-state index in [1.165, 1.54) is 12.1 Å². The second-order valence-corrected chi connectivity index (χ2v) is 3.90. The zero-order valence-corrected chi connectivity index (χ0v) is 8.55. The van der Waals surface area contributed by atoms with E-state index in [4.69, 9.17) is 4.74 Å². The Morgan fingerprint density at radius 1 is 1.38 bits per heavy atom. The molecular formula is C12H10FNO2. The number of pyridine rings is 1. The van der Waals surface area contributed by atoms with E-state index in [1.807, 2.05) is 0 Å². The van der Waals surface area contributed by atoms with Gasteiger partial charge in [-0.2, -0.15) is 0 Å². The van der Waals surface area contributed by atoms with Crippen molar-refractivity contribution in [3.8, 4) is 0 Å². The highest BCUT2D eigenvalue weighted by atomic mass is 19.1. The summed E-state index contributed by atoms with van der Waals surface area (Å²) >= 11 is 0. The van der Waals surface area contributed by atoms with Crippen LogP contribution in [0.15, 0.2) is 23.0 Å². The minimum atomic E-state index is -0.394. The average molecular weight is 219 g/mol. The lowest BCUT2D eigenvalue weighted by Crippen LogP contribution is -2.21. The van der Waals surface area contributed by atoms with Gasteiger partial charge in [0.15, 0.2) is 5.43 Å². The van der Waals surface area contributed by atoms with E-state index >= 15 is 0 Å². The Morgan fingerprint density at radius 2 is 2.25 bits per heavy atom. The van der Waals surface area contributed by atoms with Gasteiger partial charge in [-0.05, 0) is 18.2 Å². The number of halogens is 1. The lowest BCUT2D eigenvalue weighted by atomic mass is 10.1. The molecule has 1 aromatic carbocycles. The van der Waals surface area contributed by atoms with Crippen LogP contribution in [0.25, 0.3) is 10.9 Å². The first-order valence-electron chi connectivity index (χ1n) is 5.17. The number of ether oxygens (including phenoxy) is 1. The quantitative estimate of drug-likeness (QED) is 0.733. The Labute approximate surface area is 90.9 Å². The molecule has 0 saturated carbocycles. The summed E-state index contributed by atoms with van der Waals surface area (Å²) < 4.78 is 18.3. The van der Waals surface area contributed by atoms with Crippen LogP contribution >= 0.6 is 0 Å². The molecule has 2 aromatic rings. The summed E-state index contributed by atoms with van der Waals surface area (Å²) in [6.07, 6.45) is 0.706. The highest BCUT2D eigenvalue weighted by molar-refractivity contribution is 5.79. The zero-order valence-electron chi connectivity index (χ0n) is 8.55. The first-order valence-corrected chi connectivity index (χ1v) is 5.17. The van der Waals surface area contributed by atoms with Gasteiger partial charge >= 0.3 is 0 Å². The van der Waals surface area contributed by atoms with Crippen LogP contribution in [0.2, 0.25) is 0 Å². The molecule has 1 aliphatic heterocycles. The van der Waals surface area contributed by atoms with Crippen LogP contribution in [-0.2, 0) is 17.8 Å². The maximum atomic E-state index is 13.1. The number of benzene rings is 1. The van der Waals surface area contributed by atoms with Gasteiger partial charge in [0.05, 0.1) is 13.2 Å². The van der Waals surface area contributed by atoms with Crippen molar-refractivity contribution in [2.24, 2.45) is 0 Å². The standard InChI is InChI=1S/C12H10FNO2/c13-7-1-2-10-8(5-7)12(15)9-6-16-4-3-11(9)14-10/h1-2,5H,3-4,6H2,(H,14,15). The largest absolute Gasteiger partial charge is 0.376 e. The maximum absolute atomic E-state index is 13.1. The number of H-pyrrole nitrogens is 1. The van der Waals surface area contributed by atoms with Crippen molar-refractivity contribution in [3.05, 3.63) is 45.5 Å². The molecule has 1 aromatic heterocycles. The molecule has 1 aliphatic rings. The van der Waals surface area contributed by atoms with Gasteiger partial charge in [0.2, 0.25) is 0 Å². The third-order valence-corrected chi connectivity index (χ3v) is 2.89. The molecule has 0 atom stereocenters. The molecule has 3 nitrogen and oxygen atoms in total. The molecule has 82 valence electrons. The van der Waals surface area contributed by atoms with Crippen LogP contribution in [0.4, 0.5) is 4.39 Å². The van der Waals surface area contributed by atoms with Crippen LogP contribution in [0.3, 0.4) is 0 Å². The Balaban J connectivity index is 2.40. The first-order chi connectivity index (χ1) is 7.75. The Morgan fingerprint density at radius 3 is 3.12 bits per heavy atom. The summed E-state index contributed by atoms with van der Waals surface area (Å²) in [6.45, 7) is 0.937. The van der Waals surface area contributed by atoms with Crippen molar-refractivity contribution in [2.75, 3.05) is 6.61 Å². The molecule has 16 heavy (non-hydrogen) atoms. The van der Waals surface area contributed by atoms with Crippen molar-refractivity contribution in [1.29, 1.82) is 0 Å². The number of nitrogens with one attached hydrogen (secondary N) is 1. The minimum Gasteiger partial charge on any atom is -0.376 e. The van der Waals surface area contributed by atoms with Crippen LogP contribution in [-0.4, -0.2) is 11.6 Å². The summed E-state index contributed by atoms with van der Waals surface area (Å²) in [7, 11) is 0. The van der Waals surface area contributed by atoms with Crippen molar-refractivity contribution in [3.63, 3.8) is 0 Å². The number of rotatable bonds is 0. The summed E-state index contributed by atoms with van der Waals surface area (Å²) in [5.41, 5.74) is 2.11. The van der Waals surface area contributed by atoms with E-state index in [2.05, 4.69) is 4.98 Å². The van der Waals surface area contributed by atoms with E-state index < -0.39 is 5.82 Å². The van der Waals surface area contributed by atoms with Crippen molar-refractivity contribution >= 4 is 10.9 Å². The third-order valence-electron chi connectivity index (χ3n) is 2.89. The summed E-state index contributed by atoms with van der Waals surface area (Å²) in [4.78, 5) is 15.2. The number of fused-ring (bicyclic) bond motifs is 2. The number of aromatic amines is 1. The van der Waals surface area contributed by atoms with Gasteiger partial charge in [-0.15, -0.1) is 0 Å². The molecular weight excluding hydrogens is 209 g/mol. The second-order valence-electron chi connectivity index (χ2n) is 3.90. The Kier molecular flexibility index (Phi) is 2.04. The van der Waals surface area contributed by atoms with Gasteiger partial charge in [0, 0.05) is 28.6 Å². The van der Waals surface area contributed by atoms with E-state index in [-0.39, 0.29) is 5.43 Å². The molecule has 4 heteroatoms. The van der Waals surface area contributed by atoms with Crippen molar-refractivity contribution in [1.82, 2.24) is 4.98 Å². The molecule has 0 spiro atoms. The van der Waals surface area contributed by atoms with Gasteiger partial charge < -0.3 is 9.72 Å². The van der Waals surface area contributed by atoms with Gasteiger partial charge in [0.25, 0.3) is 0 Å². The van der Waals surface area contributed by atoms with Crippen LogP contribution in [0.5, 0.6) is 0 Å². The number of hydrogen-bond acceptors (Lipinski definition) is 2. The van der Waals surface area contributed by atoms with E-state index in [0.717, 1.165) is 5.69 Å². The molecule has 0 aliphatic carbocycles. The van der Waals surface area contributed by atoms with Gasteiger partial charge in [-0.3, -0.25) is 4.79 Å². The molecule has 2 heterocycles. The van der Waals surface area contributed by atoms with Gasteiger partial charge in [-0.25, -0.2) is 4.39 Å². The lowest BCUT2D eigenvalue weighted by molar-refractivity contribution is 0.109. The molecule has 0 bridgehead atoms. The van der Waals surface area contributed by atoms with Crippen molar-refractivity contribution < 1.29 is 9.13 Å². The Bertz CT molecular complexity index is 618. The highest BCUT2D eigenvalue weighted by Crippen LogP contribution is 2.16. The topological polar surface area (TPSA) is 42.1 Å². The van der Waals surface area contributed by atoms with Crippen LogP contribution in [0.1, 0.15) is 11.3 Å². The van der Waals surface area contributed by atoms with E-state index in [0.29, 0.717) is 36.1 Å². The first kappa shape index (κ1) is 9.54. The number of hydrogen-bond donors (Lipinski definition) is 1. The van der Waals surface area contributed by atoms with Crippen LogP contribution < -0.4 is 5.43 Å². The maximum Gasteiger partial charge on any atom is 0.195 e. The van der Waals surface area contributed by atoms with Gasteiger partial charge in [0.1, 0.15) is 5.82 Å². The molecule has 3 rings (SSSR count). The molecule has 0 saturated heterocycles. The molecule has 1 N–H and O–H groups in total. The molecule has 0 amide bonds. The Hall–Kier alpha value is -1.68. The fourth-order valence-electron chi connectivity index (χ4n) is 2.07. The average Bonchev–Trinajstić information content (AvgIpc) is 2.31. The normalized spacial score (nSPS) is 15.1. The predicted molar refractivity (Wildman–Crippen MR) is 57.9 cm³/mol. The van der Waals surface area contributed by atoms with E-state index in [1.54, 1.807) is 6.07 Å². The minimum absolute atomic E-state index is 0.122. The smallest absolute Gasteiger partial charge is 0.195 e. The predicted octanol–water partition coefficient (Wildman–Crippen LogP) is 1.74. The molecule has 0 fully saturated rings. The van der Waals surface area contributed by atoms with Gasteiger partial charge in [-0.1, -0.05) is 0 Å². The third kappa shape index (κ3) is 1.34. The summed E-state index contributed by atoms with van der Waals surface area (Å²) in [5.74, 6) is -0.394. The monoisotopic (exact) mass is 219 g/mol. The zero-order chi connectivity index (χ0) is 11.1. The SMILES string of the molecule is O=c1c2c([nH]c3ccc(F)cc13)CCOC2. The molecule has 0 radical (unpaired) electrons. The highest BCUT2D eigenvalue weighted by Gasteiger charge is 2.15. The molecule has 0 unspecified atom stereocenters. The summed E-state index contributed by atoms with van der Waals surface area (Å²) in [5, 5.41) is 0.393. The lowest BCUT2D eigenvalue weighted by Gasteiger charge is -2.16. The van der Waals surface area contributed by atoms with Crippen LogP contribution in [0, 0.1) is 5.82 Å². The second kappa shape index (κ2) is 3.42.